The average Bonchev–Trinajstić information content (AvgIpc) is 3.21. The number of ether oxygens (including phenoxy) is 1. The van der Waals surface area contributed by atoms with Crippen molar-refractivity contribution in [1.29, 1.82) is 0 Å². The number of fused-ring (bicyclic) bond motifs is 1. The lowest BCUT2D eigenvalue weighted by Gasteiger charge is -2.36. The number of hydrogen-bond acceptors (Lipinski definition) is 8. The standard InChI is InChI=1S/C24H24N6O2S/c1-16-20-22(30-12-10-29(11-13-30)19-8-3-4-9-25-19)26-15-27-24(20)33-21(16)23(31)28-17-6-5-7-18(14-17)32-2/h3-9,14-15H,10-13H2,1-2H3,(H,28,31). The Bertz CT molecular complexity index is 1280. The molecule has 3 aromatic heterocycles. The first kappa shape index (κ1) is 21.1. The average molecular weight is 461 g/mol. The molecule has 5 rings (SSSR count). The summed E-state index contributed by atoms with van der Waals surface area (Å²) in [6.45, 7) is 5.33. The first-order valence-electron chi connectivity index (χ1n) is 10.7. The maximum Gasteiger partial charge on any atom is 0.266 e. The van der Waals surface area contributed by atoms with Crippen LogP contribution in [0.25, 0.3) is 10.2 Å². The van der Waals surface area contributed by atoms with E-state index in [0.717, 1.165) is 53.6 Å². The summed E-state index contributed by atoms with van der Waals surface area (Å²) < 4.78 is 5.25. The number of nitrogens with zero attached hydrogens (tertiary/aromatic N) is 5. The van der Waals surface area contributed by atoms with Crippen LogP contribution in [0.3, 0.4) is 0 Å². The zero-order chi connectivity index (χ0) is 22.8. The van der Waals surface area contributed by atoms with Crippen molar-refractivity contribution in [1.82, 2.24) is 15.0 Å². The maximum atomic E-state index is 13.1. The molecule has 4 heterocycles. The summed E-state index contributed by atoms with van der Waals surface area (Å²) in [5.74, 6) is 2.41. The predicted molar refractivity (Wildman–Crippen MR) is 132 cm³/mol. The number of hydrogen-bond donors (Lipinski definition) is 1. The smallest absolute Gasteiger partial charge is 0.266 e. The number of pyridine rings is 1. The SMILES string of the molecule is COc1cccc(NC(=O)c2sc3ncnc(N4CCN(c5ccccn5)CC4)c3c2C)c1. The van der Waals surface area contributed by atoms with Crippen LogP contribution in [0.4, 0.5) is 17.3 Å². The Kier molecular flexibility index (Phi) is 5.78. The molecule has 1 amide bonds. The van der Waals surface area contributed by atoms with Crippen LogP contribution in [0.15, 0.2) is 55.0 Å². The molecule has 8 nitrogen and oxygen atoms in total. The molecule has 1 aromatic carbocycles. The summed E-state index contributed by atoms with van der Waals surface area (Å²) in [5.41, 5.74) is 1.59. The van der Waals surface area contributed by atoms with Gasteiger partial charge in [0.2, 0.25) is 0 Å². The fourth-order valence-corrected chi connectivity index (χ4v) is 5.12. The molecule has 0 aliphatic carbocycles. The molecule has 1 aliphatic rings. The second kappa shape index (κ2) is 9.03. The number of carbonyl (C=O) groups excluding carboxylic acids is 1. The van der Waals surface area contributed by atoms with E-state index in [9.17, 15) is 4.79 Å². The van der Waals surface area contributed by atoms with Gasteiger partial charge in [0, 0.05) is 44.1 Å². The highest BCUT2D eigenvalue weighted by molar-refractivity contribution is 7.20. The van der Waals surface area contributed by atoms with Gasteiger partial charge >= 0.3 is 0 Å². The molecule has 0 spiro atoms. The number of piperazine rings is 1. The van der Waals surface area contributed by atoms with E-state index in [2.05, 4.69) is 30.1 Å². The molecule has 0 bridgehead atoms. The van der Waals surface area contributed by atoms with Gasteiger partial charge in [-0.15, -0.1) is 11.3 Å². The molecular formula is C24H24N6O2S. The molecule has 0 saturated carbocycles. The lowest BCUT2D eigenvalue weighted by molar-refractivity contribution is 0.103. The van der Waals surface area contributed by atoms with Crippen LogP contribution in [0.1, 0.15) is 15.2 Å². The van der Waals surface area contributed by atoms with E-state index in [1.165, 1.54) is 11.3 Å². The van der Waals surface area contributed by atoms with E-state index >= 15 is 0 Å². The lowest BCUT2D eigenvalue weighted by atomic mass is 10.1. The number of carbonyl (C=O) groups is 1. The molecule has 1 N–H and O–H groups in total. The molecule has 0 unspecified atom stereocenters. The Morgan fingerprint density at radius 1 is 1.03 bits per heavy atom. The minimum atomic E-state index is -0.158. The molecule has 1 aliphatic heterocycles. The first-order chi connectivity index (χ1) is 16.1. The monoisotopic (exact) mass is 460 g/mol. The minimum absolute atomic E-state index is 0.158. The van der Waals surface area contributed by atoms with E-state index in [1.54, 1.807) is 19.5 Å². The third-order valence-corrected chi connectivity index (χ3v) is 6.99. The Morgan fingerprint density at radius 3 is 2.61 bits per heavy atom. The number of nitrogens with one attached hydrogen (secondary N) is 1. The van der Waals surface area contributed by atoms with E-state index in [0.29, 0.717) is 16.3 Å². The topological polar surface area (TPSA) is 83.5 Å². The molecule has 9 heteroatoms. The highest BCUT2D eigenvalue weighted by Gasteiger charge is 2.25. The van der Waals surface area contributed by atoms with E-state index < -0.39 is 0 Å². The van der Waals surface area contributed by atoms with Gasteiger partial charge in [0.25, 0.3) is 5.91 Å². The van der Waals surface area contributed by atoms with Crippen molar-refractivity contribution in [2.24, 2.45) is 0 Å². The fourth-order valence-electron chi connectivity index (χ4n) is 4.09. The number of anilines is 3. The normalized spacial score (nSPS) is 13.9. The highest BCUT2D eigenvalue weighted by atomic mass is 32.1. The van der Waals surface area contributed by atoms with Crippen LogP contribution in [-0.4, -0.2) is 54.1 Å². The van der Waals surface area contributed by atoms with Crippen LogP contribution >= 0.6 is 11.3 Å². The lowest BCUT2D eigenvalue weighted by Crippen LogP contribution is -2.47. The van der Waals surface area contributed by atoms with Crippen LogP contribution in [0, 0.1) is 6.92 Å². The number of amides is 1. The summed E-state index contributed by atoms with van der Waals surface area (Å²) in [5, 5.41) is 3.92. The van der Waals surface area contributed by atoms with Crippen molar-refractivity contribution in [2.75, 3.05) is 48.4 Å². The molecule has 4 aromatic rings. The number of aryl methyl sites for hydroxylation is 1. The molecule has 1 saturated heterocycles. The largest absolute Gasteiger partial charge is 0.497 e. The van der Waals surface area contributed by atoms with Gasteiger partial charge in [0.15, 0.2) is 0 Å². The quantitative estimate of drug-likeness (QED) is 0.482. The Hall–Kier alpha value is -3.72. The number of benzene rings is 1. The Labute approximate surface area is 195 Å². The fraction of sp³-hybridized carbons (Fsp3) is 0.250. The second-order valence-electron chi connectivity index (χ2n) is 7.78. The number of methoxy groups -OCH3 is 1. The molecule has 0 atom stereocenters. The van der Waals surface area contributed by atoms with E-state index in [4.69, 9.17) is 4.74 Å². The van der Waals surface area contributed by atoms with Gasteiger partial charge in [-0.25, -0.2) is 15.0 Å². The first-order valence-corrected chi connectivity index (χ1v) is 11.6. The van der Waals surface area contributed by atoms with Crippen molar-refractivity contribution in [3.63, 3.8) is 0 Å². The van der Waals surface area contributed by atoms with Gasteiger partial charge in [-0.1, -0.05) is 12.1 Å². The van der Waals surface area contributed by atoms with Gasteiger partial charge in [0.05, 0.1) is 17.4 Å². The van der Waals surface area contributed by atoms with Gasteiger partial charge in [-0.2, -0.15) is 0 Å². The summed E-state index contributed by atoms with van der Waals surface area (Å²) in [7, 11) is 1.60. The van der Waals surface area contributed by atoms with Gasteiger partial charge in [-0.3, -0.25) is 4.79 Å². The van der Waals surface area contributed by atoms with Crippen molar-refractivity contribution < 1.29 is 9.53 Å². The summed E-state index contributed by atoms with van der Waals surface area (Å²) >= 11 is 1.40. The van der Waals surface area contributed by atoms with Crippen molar-refractivity contribution in [2.45, 2.75) is 6.92 Å². The third kappa shape index (κ3) is 4.19. The molecule has 1 fully saturated rings. The maximum absolute atomic E-state index is 13.1. The second-order valence-corrected chi connectivity index (χ2v) is 8.78. The number of thiophene rings is 1. The predicted octanol–water partition coefficient (Wildman–Crippen LogP) is 3.98. The summed E-state index contributed by atoms with van der Waals surface area (Å²) in [4.78, 5) is 32.6. The van der Waals surface area contributed by atoms with Gasteiger partial charge in [-0.05, 0) is 36.8 Å². The Balaban J connectivity index is 1.38. The van der Waals surface area contributed by atoms with Crippen LogP contribution in [0.5, 0.6) is 5.75 Å². The summed E-state index contributed by atoms with van der Waals surface area (Å²) in [6.07, 6.45) is 3.41. The number of aromatic nitrogens is 3. The van der Waals surface area contributed by atoms with Crippen LogP contribution < -0.4 is 19.9 Å². The minimum Gasteiger partial charge on any atom is -0.497 e. The third-order valence-electron chi connectivity index (χ3n) is 5.79. The van der Waals surface area contributed by atoms with Crippen molar-refractivity contribution >= 4 is 44.8 Å². The Morgan fingerprint density at radius 2 is 1.85 bits per heavy atom. The van der Waals surface area contributed by atoms with Crippen molar-refractivity contribution in [3.8, 4) is 5.75 Å². The molecule has 33 heavy (non-hydrogen) atoms. The van der Waals surface area contributed by atoms with Gasteiger partial charge < -0.3 is 19.9 Å². The van der Waals surface area contributed by atoms with E-state index in [1.807, 2.05) is 49.5 Å². The van der Waals surface area contributed by atoms with Crippen LogP contribution in [-0.2, 0) is 0 Å². The highest BCUT2D eigenvalue weighted by Crippen LogP contribution is 2.36. The number of rotatable bonds is 5. The van der Waals surface area contributed by atoms with E-state index in [-0.39, 0.29) is 5.91 Å². The van der Waals surface area contributed by atoms with Crippen molar-refractivity contribution in [3.05, 3.63) is 65.4 Å². The molecule has 168 valence electrons. The molecular weight excluding hydrogens is 436 g/mol. The zero-order valence-corrected chi connectivity index (χ0v) is 19.3. The molecule has 0 radical (unpaired) electrons. The summed E-state index contributed by atoms with van der Waals surface area (Å²) in [6, 6.07) is 13.3. The van der Waals surface area contributed by atoms with Crippen LogP contribution in [0.2, 0.25) is 0 Å². The van der Waals surface area contributed by atoms with Gasteiger partial charge in [0.1, 0.15) is 28.5 Å². The zero-order valence-electron chi connectivity index (χ0n) is 18.5.